The Hall–Kier alpha value is -0.870. The summed E-state index contributed by atoms with van der Waals surface area (Å²) < 4.78 is 5.59. The molecule has 0 spiro atoms. The lowest BCUT2D eigenvalue weighted by atomic mass is 10.1. The molecule has 2 rings (SSSR count). The normalized spacial score (nSPS) is 17.7. The topological polar surface area (TPSA) is 68.9 Å². The Morgan fingerprint density at radius 2 is 1.85 bits per heavy atom. The number of nitrogens with one attached hydrogen (secondary N) is 2. The van der Waals surface area contributed by atoms with Gasteiger partial charge in [0.1, 0.15) is 5.76 Å². The molecule has 1 atom stereocenters. The largest absolute Gasteiger partial charge is 0.444 e. The molecule has 7 nitrogen and oxygen atoms in total. The maximum absolute atomic E-state index is 5.59. The molecule has 8 heteroatoms. The molecule has 0 amide bonds. The van der Waals surface area contributed by atoms with Crippen molar-refractivity contribution in [1.82, 2.24) is 25.4 Å². The van der Waals surface area contributed by atoms with Gasteiger partial charge in [-0.3, -0.25) is 4.99 Å². The zero-order chi connectivity index (χ0) is 18.2. The highest BCUT2D eigenvalue weighted by Crippen LogP contribution is 2.08. The number of aromatic nitrogens is 1. The molecule has 1 aromatic rings. The molecule has 2 heterocycles. The van der Waals surface area contributed by atoms with Crippen molar-refractivity contribution >= 4 is 29.9 Å². The van der Waals surface area contributed by atoms with Gasteiger partial charge in [-0.2, -0.15) is 0 Å². The molecule has 1 aliphatic heterocycles. The van der Waals surface area contributed by atoms with Crippen LogP contribution >= 0.6 is 24.0 Å². The van der Waals surface area contributed by atoms with Crippen LogP contribution in [0, 0.1) is 19.8 Å². The van der Waals surface area contributed by atoms with Crippen molar-refractivity contribution in [3.63, 3.8) is 0 Å². The van der Waals surface area contributed by atoms with E-state index in [0.717, 1.165) is 37.0 Å². The average Bonchev–Trinajstić information content (AvgIpc) is 2.93. The van der Waals surface area contributed by atoms with Crippen LogP contribution in [0.25, 0.3) is 0 Å². The maximum atomic E-state index is 5.59. The SMILES string of the molecule is CCN1CCN(CC(C)CNC(=NC)NCc2nc(C)c(C)o2)CC1.I. The molecule has 1 unspecified atom stereocenters. The van der Waals surface area contributed by atoms with Gasteiger partial charge in [0.15, 0.2) is 5.96 Å². The number of guanidine groups is 1. The van der Waals surface area contributed by atoms with Crippen LogP contribution in [0.15, 0.2) is 9.41 Å². The zero-order valence-electron chi connectivity index (χ0n) is 16.8. The van der Waals surface area contributed by atoms with Gasteiger partial charge in [0.05, 0.1) is 12.2 Å². The Labute approximate surface area is 175 Å². The van der Waals surface area contributed by atoms with Crippen molar-refractivity contribution in [3.05, 3.63) is 17.3 Å². The summed E-state index contributed by atoms with van der Waals surface area (Å²) in [7, 11) is 1.79. The van der Waals surface area contributed by atoms with Gasteiger partial charge in [-0.1, -0.05) is 13.8 Å². The number of halogens is 1. The van der Waals surface area contributed by atoms with Crippen molar-refractivity contribution in [1.29, 1.82) is 0 Å². The number of aryl methyl sites for hydroxylation is 2. The number of hydrogen-bond donors (Lipinski definition) is 2. The molecule has 0 bridgehead atoms. The lowest BCUT2D eigenvalue weighted by Gasteiger charge is -2.35. The molecular weight excluding hydrogens is 443 g/mol. The first-order chi connectivity index (χ1) is 12.0. The number of hydrogen-bond acceptors (Lipinski definition) is 5. The standard InChI is InChI=1S/C18H34N6O.HI/c1-6-23-7-9-24(10-8-23)13-14(2)11-20-18(19-5)21-12-17-22-15(3)16(4)25-17;/h14H,6-13H2,1-5H3,(H2,19,20,21);1H. The van der Waals surface area contributed by atoms with Crippen LogP contribution in [0.1, 0.15) is 31.2 Å². The van der Waals surface area contributed by atoms with Gasteiger partial charge in [-0.05, 0) is 26.3 Å². The van der Waals surface area contributed by atoms with Gasteiger partial charge in [0.25, 0.3) is 0 Å². The molecule has 0 aliphatic carbocycles. The predicted molar refractivity (Wildman–Crippen MR) is 117 cm³/mol. The Bertz CT molecular complexity index is 534. The van der Waals surface area contributed by atoms with Crippen molar-refractivity contribution in [3.8, 4) is 0 Å². The predicted octanol–water partition coefficient (Wildman–Crippen LogP) is 1.85. The molecule has 0 aromatic carbocycles. The molecule has 1 fully saturated rings. The zero-order valence-corrected chi connectivity index (χ0v) is 19.2. The van der Waals surface area contributed by atoms with Crippen LogP contribution in [0.4, 0.5) is 0 Å². The molecule has 2 N–H and O–H groups in total. The van der Waals surface area contributed by atoms with Crippen molar-refractivity contribution < 1.29 is 4.42 Å². The third-order valence-corrected chi connectivity index (χ3v) is 4.80. The first-order valence-corrected chi connectivity index (χ1v) is 9.34. The van der Waals surface area contributed by atoms with E-state index >= 15 is 0 Å². The van der Waals surface area contributed by atoms with Gasteiger partial charge in [0, 0.05) is 46.3 Å². The quantitative estimate of drug-likeness (QED) is 0.354. The number of likely N-dealkylation sites (N-methyl/N-ethyl adjacent to an activating group) is 1. The fourth-order valence-electron chi connectivity index (χ4n) is 3.06. The van der Waals surface area contributed by atoms with E-state index in [9.17, 15) is 0 Å². The number of rotatable bonds is 7. The summed E-state index contributed by atoms with van der Waals surface area (Å²) in [4.78, 5) is 13.7. The third kappa shape index (κ3) is 7.40. The van der Waals surface area contributed by atoms with Gasteiger partial charge in [-0.25, -0.2) is 4.98 Å². The van der Waals surface area contributed by atoms with Crippen molar-refractivity contribution in [2.24, 2.45) is 10.9 Å². The third-order valence-electron chi connectivity index (χ3n) is 4.80. The van der Waals surface area contributed by atoms with Crippen molar-refractivity contribution in [2.75, 3.05) is 52.9 Å². The Morgan fingerprint density at radius 3 is 2.38 bits per heavy atom. The second kappa shape index (κ2) is 11.8. The monoisotopic (exact) mass is 478 g/mol. The molecule has 1 aromatic heterocycles. The summed E-state index contributed by atoms with van der Waals surface area (Å²) in [6, 6.07) is 0. The summed E-state index contributed by atoms with van der Waals surface area (Å²) in [5.74, 6) is 2.92. The van der Waals surface area contributed by atoms with Crippen LogP contribution in [0.3, 0.4) is 0 Å². The van der Waals surface area contributed by atoms with Gasteiger partial charge in [0.2, 0.25) is 5.89 Å². The van der Waals surface area contributed by atoms with Gasteiger partial charge >= 0.3 is 0 Å². The van der Waals surface area contributed by atoms with Crippen LogP contribution in [0.2, 0.25) is 0 Å². The average molecular weight is 478 g/mol. The summed E-state index contributed by atoms with van der Waals surface area (Å²) in [6.07, 6.45) is 0. The van der Waals surface area contributed by atoms with Crippen LogP contribution in [0.5, 0.6) is 0 Å². The Balaban J connectivity index is 0.00000338. The fraction of sp³-hybridized carbons (Fsp3) is 0.778. The minimum Gasteiger partial charge on any atom is -0.444 e. The number of nitrogens with zero attached hydrogens (tertiary/aromatic N) is 4. The number of oxazole rings is 1. The summed E-state index contributed by atoms with van der Waals surface area (Å²) in [5.41, 5.74) is 0.941. The van der Waals surface area contributed by atoms with Gasteiger partial charge < -0.3 is 24.9 Å². The first kappa shape index (κ1) is 23.2. The van der Waals surface area contributed by atoms with Crippen LogP contribution in [-0.4, -0.2) is 73.6 Å². The Morgan fingerprint density at radius 1 is 1.19 bits per heavy atom. The number of aliphatic imine (C=N–C) groups is 1. The van der Waals surface area contributed by atoms with E-state index in [1.807, 2.05) is 13.8 Å². The van der Waals surface area contributed by atoms with Gasteiger partial charge in [-0.15, -0.1) is 24.0 Å². The lowest BCUT2D eigenvalue weighted by molar-refractivity contribution is 0.124. The highest BCUT2D eigenvalue weighted by atomic mass is 127. The first-order valence-electron chi connectivity index (χ1n) is 9.34. The Kier molecular flexibility index (Phi) is 10.5. The highest BCUT2D eigenvalue weighted by Gasteiger charge is 2.17. The smallest absolute Gasteiger partial charge is 0.214 e. The number of piperazine rings is 1. The molecule has 26 heavy (non-hydrogen) atoms. The highest BCUT2D eigenvalue weighted by molar-refractivity contribution is 14.0. The second-order valence-corrected chi connectivity index (χ2v) is 6.90. The summed E-state index contributed by atoms with van der Waals surface area (Å²) in [6.45, 7) is 16.9. The fourth-order valence-corrected chi connectivity index (χ4v) is 3.06. The van der Waals surface area contributed by atoms with E-state index < -0.39 is 0 Å². The van der Waals surface area contributed by atoms with E-state index in [1.165, 1.54) is 26.2 Å². The summed E-state index contributed by atoms with van der Waals surface area (Å²) in [5, 5.41) is 6.66. The van der Waals surface area contributed by atoms with E-state index in [1.54, 1.807) is 7.05 Å². The molecule has 150 valence electrons. The molecule has 1 saturated heterocycles. The molecule has 1 aliphatic rings. The van der Waals surface area contributed by atoms with Crippen LogP contribution < -0.4 is 10.6 Å². The molecule has 0 radical (unpaired) electrons. The van der Waals surface area contributed by atoms with E-state index in [-0.39, 0.29) is 24.0 Å². The minimum atomic E-state index is 0. The molecular formula is C18H35IN6O. The maximum Gasteiger partial charge on any atom is 0.214 e. The van der Waals surface area contributed by atoms with E-state index in [0.29, 0.717) is 18.4 Å². The second-order valence-electron chi connectivity index (χ2n) is 6.90. The van der Waals surface area contributed by atoms with E-state index in [2.05, 4.69) is 44.3 Å². The van der Waals surface area contributed by atoms with Crippen LogP contribution in [-0.2, 0) is 6.54 Å². The van der Waals surface area contributed by atoms with E-state index in [4.69, 9.17) is 4.42 Å². The van der Waals surface area contributed by atoms with Crippen molar-refractivity contribution in [2.45, 2.75) is 34.2 Å². The summed E-state index contributed by atoms with van der Waals surface area (Å²) >= 11 is 0. The molecule has 0 saturated carbocycles. The minimum absolute atomic E-state index is 0. The lowest BCUT2D eigenvalue weighted by Crippen LogP contribution is -2.48.